The van der Waals surface area contributed by atoms with Gasteiger partial charge < -0.3 is 9.30 Å². The zero-order valence-corrected chi connectivity index (χ0v) is 21.0. The second kappa shape index (κ2) is 11.9. The first-order chi connectivity index (χ1) is 17.4. The van der Waals surface area contributed by atoms with Gasteiger partial charge in [0.15, 0.2) is 0 Å². The Morgan fingerprint density at radius 1 is 0.972 bits per heavy atom. The molecule has 9 heteroatoms. The van der Waals surface area contributed by atoms with E-state index in [1.165, 1.54) is 0 Å². The molecule has 1 N–H and O–H groups in total. The van der Waals surface area contributed by atoms with Crippen LogP contribution in [0.3, 0.4) is 0 Å². The summed E-state index contributed by atoms with van der Waals surface area (Å²) >= 11 is 0. The lowest BCUT2D eigenvalue weighted by atomic mass is 10.2. The van der Waals surface area contributed by atoms with E-state index in [4.69, 9.17) is 4.74 Å². The van der Waals surface area contributed by atoms with Crippen molar-refractivity contribution in [3.63, 3.8) is 0 Å². The minimum atomic E-state index is -3.55. The molecule has 0 amide bonds. The molecular weight excluding hydrogens is 476 g/mol. The molecule has 0 saturated heterocycles. The molecule has 0 unspecified atom stereocenters. The highest BCUT2D eigenvalue weighted by molar-refractivity contribution is 7.89. The maximum atomic E-state index is 12.5. The van der Waals surface area contributed by atoms with Gasteiger partial charge in [-0.3, -0.25) is 14.7 Å². The first-order valence-corrected chi connectivity index (χ1v) is 13.3. The summed E-state index contributed by atoms with van der Waals surface area (Å²) in [4.78, 5) is 18.3. The maximum absolute atomic E-state index is 12.5. The van der Waals surface area contributed by atoms with Gasteiger partial charge in [0, 0.05) is 57.1 Å². The van der Waals surface area contributed by atoms with E-state index in [0.717, 1.165) is 35.2 Å². The van der Waals surface area contributed by atoms with Gasteiger partial charge in [-0.2, -0.15) is 0 Å². The summed E-state index contributed by atoms with van der Waals surface area (Å²) in [5, 5.41) is 0.944. The third-order valence-electron chi connectivity index (χ3n) is 5.91. The van der Waals surface area contributed by atoms with Crippen molar-refractivity contribution >= 4 is 20.9 Å². The summed E-state index contributed by atoms with van der Waals surface area (Å²) in [5.41, 5.74) is 1.92. The van der Waals surface area contributed by atoms with Crippen LogP contribution in [0.25, 0.3) is 10.9 Å². The number of benzene rings is 2. The first-order valence-electron chi connectivity index (χ1n) is 11.8. The summed E-state index contributed by atoms with van der Waals surface area (Å²) in [6.07, 6.45) is 4.27. The molecule has 0 spiro atoms. The fourth-order valence-electron chi connectivity index (χ4n) is 3.97. The van der Waals surface area contributed by atoms with E-state index in [2.05, 4.69) is 14.6 Å². The lowest BCUT2D eigenvalue weighted by molar-refractivity contribution is 0.231. The van der Waals surface area contributed by atoms with Gasteiger partial charge in [-0.1, -0.05) is 18.2 Å². The fourth-order valence-corrected chi connectivity index (χ4v) is 5.01. The molecular formula is C27H30N4O4S. The minimum absolute atomic E-state index is 0.0449. The van der Waals surface area contributed by atoms with Crippen LogP contribution in [-0.4, -0.2) is 49.1 Å². The zero-order valence-electron chi connectivity index (χ0n) is 20.2. The van der Waals surface area contributed by atoms with Crippen LogP contribution in [0.4, 0.5) is 0 Å². The molecule has 2 aromatic heterocycles. The molecule has 0 atom stereocenters. The third-order valence-corrected chi connectivity index (χ3v) is 7.39. The Balaban J connectivity index is 1.32. The minimum Gasteiger partial charge on any atom is -0.494 e. The molecule has 8 nitrogen and oxygen atoms in total. The van der Waals surface area contributed by atoms with Crippen molar-refractivity contribution in [2.75, 3.05) is 26.2 Å². The topological polar surface area (TPSA) is 93.5 Å². The van der Waals surface area contributed by atoms with Gasteiger partial charge in [-0.05, 0) is 60.5 Å². The molecule has 4 rings (SSSR count). The van der Waals surface area contributed by atoms with E-state index in [9.17, 15) is 13.2 Å². The normalized spacial score (nSPS) is 11.7. The maximum Gasteiger partial charge on any atom is 0.250 e. The van der Waals surface area contributed by atoms with Crippen LogP contribution in [0.5, 0.6) is 5.75 Å². The number of hydrogen-bond acceptors (Lipinski definition) is 6. The molecule has 36 heavy (non-hydrogen) atoms. The van der Waals surface area contributed by atoms with Crippen molar-refractivity contribution in [1.29, 1.82) is 0 Å². The highest BCUT2D eigenvalue weighted by Gasteiger charge is 2.14. The quantitative estimate of drug-likeness (QED) is 0.297. The molecule has 0 saturated carbocycles. The number of nitrogens with zero attached hydrogens (tertiary/aromatic N) is 3. The molecule has 0 aliphatic heterocycles. The number of aromatic nitrogens is 2. The fraction of sp³-hybridized carbons (Fsp3) is 0.259. The molecule has 188 valence electrons. The second-order valence-corrected chi connectivity index (χ2v) is 10.3. The number of hydrogen-bond donors (Lipinski definition) is 1. The number of pyridine rings is 2. The summed E-state index contributed by atoms with van der Waals surface area (Å²) in [5.74, 6) is 0.748. The van der Waals surface area contributed by atoms with Gasteiger partial charge in [0.1, 0.15) is 5.75 Å². The van der Waals surface area contributed by atoms with Crippen molar-refractivity contribution in [2.45, 2.75) is 17.9 Å². The van der Waals surface area contributed by atoms with E-state index in [0.29, 0.717) is 26.2 Å². The monoisotopic (exact) mass is 506 g/mol. The zero-order chi connectivity index (χ0) is 25.4. The van der Waals surface area contributed by atoms with Crippen molar-refractivity contribution < 1.29 is 13.2 Å². The number of sulfonamides is 1. The Hall–Kier alpha value is -3.53. The SMILES string of the molecule is Cn1c(=O)ccc2cc(OCCCN(CCNS(=O)(=O)c3ccccc3)Cc3ccncc3)ccc21. The average molecular weight is 507 g/mol. The van der Waals surface area contributed by atoms with Crippen molar-refractivity contribution in [2.24, 2.45) is 7.05 Å². The van der Waals surface area contributed by atoms with E-state index in [1.54, 1.807) is 66.5 Å². The summed E-state index contributed by atoms with van der Waals surface area (Å²) in [6.45, 7) is 2.78. The number of fused-ring (bicyclic) bond motifs is 1. The molecule has 2 aromatic carbocycles. The summed E-state index contributed by atoms with van der Waals surface area (Å²) in [7, 11) is -1.79. The van der Waals surface area contributed by atoms with E-state index >= 15 is 0 Å². The standard InChI is InChI=1S/C27H30N4O4S/c1-30-26-10-9-24(20-23(26)8-11-27(30)32)35-19-5-17-31(21-22-12-14-28-15-13-22)18-16-29-36(33,34)25-6-3-2-4-7-25/h2-4,6-15,20,29H,5,16-19,21H2,1H3. The van der Waals surface area contributed by atoms with Crippen molar-refractivity contribution in [3.8, 4) is 5.75 Å². The Kier molecular flexibility index (Phi) is 8.48. The predicted octanol–water partition coefficient (Wildman–Crippen LogP) is 3.18. The van der Waals surface area contributed by atoms with Crippen LogP contribution in [0.2, 0.25) is 0 Å². The van der Waals surface area contributed by atoms with E-state index < -0.39 is 10.0 Å². The Morgan fingerprint density at radius 3 is 2.53 bits per heavy atom. The number of nitrogens with one attached hydrogen (secondary N) is 1. The van der Waals surface area contributed by atoms with Gasteiger partial charge >= 0.3 is 0 Å². The molecule has 0 aliphatic carbocycles. The number of ether oxygens (including phenoxy) is 1. The lowest BCUT2D eigenvalue weighted by Gasteiger charge is -2.22. The van der Waals surface area contributed by atoms with Crippen LogP contribution in [-0.2, 0) is 23.6 Å². The largest absolute Gasteiger partial charge is 0.494 e. The van der Waals surface area contributed by atoms with Crippen LogP contribution in [0, 0.1) is 0 Å². The van der Waals surface area contributed by atoms with Crippen LogP contribution in [0.1, 0.15) is 12.0 Å². The van der Waals surface area contributed by atoms with E-state index in [1.807, 2.05) is 30.3 Å². The van der Waals surface area contributed by atoms with Crippen molar-refractivity contribution in [3.05, 3.63) is 101 Å². The molecule has 4 aromatic rings. The van der Waals surface area contributed by atoms with E-state index in [-0.39, 0.29) is 10.5 Å². The average Bonchev–Trinajstić information content (AvgIpc) is 2.89. The smallest absolute Gasteiger partial charge is 0.250 e. The highest BCUT2D eigenvalue weighted by atomic mass is 32.2. The Morgan fingerprint density at radius 2 is 1.75 bits per heavy atom. The predicted molar refractivity (Wildman–Crippen MR) is 140 cm³/mol. The summed E-state index contributed by atoms with van der Waals surface area (Å²) < 4.78 is 35.4. The van der Waals surface area contributed by atoms with Crippen LogP contribution < -0.4 is 15.0 Å². The Labute approximate surface area is 211 Å². The van der Waals surface area contributed by atoms with Gasteiger partial charge in [-0.25, -0.2) is 13.1 Å². The summed E-state index contributed by atoms with van der Waals surface area (Å²) in [6, 6.07) is 21.3. The van der Waals surface area contributed by atoms with Crippen LogP contribution >= 0.6 is 0 Å². The number of aryl methyl sites for hydroxylation is 1. The third kappa shape index (κ3) is 6.78. The number of rotatable bonds is 12. The lowest BCUT2D eigenvalue weighted by Crippen LogP contribution is -2.35. The van der Waals surface area contributed by atoms with Gasteiger partial charge in [0.2, 0.25) is 10.0 Å². The van der Waals surface area contributed by atoms with Crippen molar-refractivity contribution in [1.82, 2.24) is 19.2 Å². The van der Waals surface area contributed by atoms with Gasteiger partial charge in [0.25, 0.3) is 5.56 Å². The second-order valence-electron chi connectivity index (χ2n) is 8.50. The van der Waals surface area contributed by atoms with Crippen LogP contribution in [0.15, 0.2) is 94.9 Å². The first kappa shape index (κ1) is 25.6. The highest BCUT2D eigenvalue weighted by Crippen LogP contribution is 2.19. The molecule has 2 heterocycles. The molecule has 0 aliphatic rings. The molecule has 0 fully saturated rings. The molecule has 0 bridgehead atoms. The van der Waals surface area contributed by atoms with Gasteiger partial charge in [-0.15, -0.1) is 0 Å². The Bertz CT molecular complexity index is 1440. The molecule has 0 radical (unpaired) electrons. The van der Waals surface area contributed by atoms with Gasteiger partial charge in [0.05, 0.1) is 17.0 Å².